The zero-order valence-electron chi connectivity index (χ0n) is 17.6. The van der Waals surface area contributed by atoms with Crippen LogP contribution in [0.2, 0.25) is 0 Å². The fraction of sp³-hybridized carbons (Fsp3) is 0.455. The van der Waals surface area contributed by atoms with Gasteiger partial charge in [-0.05, 0) is 61.4 Å². The summed E-state index contributed by atoms with van der Waals surface area (Å²) >= 11 is 0. The third-order valence-electron chi connectivity index (χ3n) is 6.02. The predicted molar refractivity (Wildman–Crippen MR) is 113 cm³/mol. The summed E-state index contributed by atoms with van der Waals surface area (Å²) in [5.74, 6) is -0.724. The maximum absolute atomic E-state index is 13.2. The van der Waals surface area contributed by atoms with Crippen LogP contribution in [-0.2, 0) is 39.3 Å². The molecule has 1 aromatic carbocycles. The minimum Gasteiger partial charge on any atom is -0.385 e. The number of fused-ring (bicyclic) bond motifs is 1. The number of pyridine rings is 1. The summed E-state index contributed by atoms with van der Waals surface area (Å²) in [6, 6.07) is 7.00. The van der Waals surface area contributed by atoms with E-state index in [1.165, 1.54) is 12.1 Å². The number of alkyl halides is 3. The number of halogens is 3. The second kappa shape index (κ2) is 8.06. The van der Waals surface area contributed by atoms with Crippen LogP contribution in [0.5, 0.6) is 0 Å². The van der Waals surface area contributed by atoms with E-state index in [0.29, 0.717) is 36.8 Å². The first-order valence-corrected chi connectivity index (χ1v) is 12.1. The molecule has 0 radical (unpaired) electrons. The minimum absolute atomic E-state index is 0.0469. The number of nitrogens with zero attached hydrogens (tertiary/aromatic N) is 1. The number of benzene rings is 1. The van der Waals surface area contributed by atoms with Crippen molar-refractivity contribution in [1.29, 1.82) is 0 Å². The van der Waals surface area contributed by atoms with Crippen molar-refractivity contribution in [2.75, 3.05) is 11.9 Å². The van der Waals surface area contributed by atoms with E-state index in [0.717, 1.165) is 24.7 Å². The molecular formula is C22H24F3N3O3S. The fourth-order valence-electron chi connectivity index (χ4n) is 4.27. The minimum atomic E-state index is -4.59. The van der Waals surface area contributed by atoms with Crippen LogP contribution in [0.1, 0.15) is 55.1 Å². The Morgan fingerprint density at radius 1 is 1.22 bits per heavy atom. The highest BCUT2D eigenvalue weighted by atomic mass is 32.2. The molecule has 10 heteroatoms. The van der Waals surface area contributed by atoms with Gasteiger partial charge < -0.3 is 5.32 Å². The van der Waals surface area contributed by atoms with Gasteiger partial charge in [0.2, 0.25) is 5.91 Å². The van der Waals surface area contributed by atoms with Crippen LogP contribution < -0.4 is 10.0 Å². The van der Waals surface area contributed by atoms with Gasteiger partial charge in [0.15, 0.2) is 0 Å². The second-order valence-electron chi connectivity index (χ2n) is 8.27. The summed E-state index contributed by atoms with van der Waals surface area (Å²) in [5.41, 5.74) is -0.277. The van der Waals surface area contributed by atoms with Crippen molar-refractivity contribution in [2.24, 2.45) is 0 Å². The van der Waals surface area contributed by atoms with Gasteiger partial charge in [-0.15, -0.1) is 0 Å². The number of carbonyl (C=O) groups is 1. The average Bonchev–Trinajstić information content (AvgIpc) is 3.54. The smallest absolute Gasteiger partial charge is 0.385 e. The first-order chi connectivity index (χ1) is 15.1. The molecule has 1 fully saturated rings. The normalized spacial score (nSPS) is 17.2. The van der Waals surface area contributed by atoms with Crippen molar-refractivity contribution >= 4 is 21.6 Å². The highest BCUT2D eigenvalue weighted by Crippen LogP contribution is 2.50. The van der Waals surface area contributed by atoms with Gasteiger partial charge in [0.05, 0.1) is 10.3 Å². The molecule has 1 saturated carbocycles. The van der Waals surface area contributed by atoms with Crippen LogP contribution in [0, 0.1) is 0 Å². The van der Waals surface area contributed by atoms with Gasteiger partial charge in [0.25, 0.3) is 10.0 Å². The quantitative estimate of drug-likeness (QED) is 0.672. The van der Waals surface area contributed by atoms with Gasteiger partial charge in [-0.25, -0.2) is 18.1 Å². The zero-order chi connectivity index (χ0) is 23.1. The molecule has 0 atom stereocenters. The number of hydrogen-bond acceptors (Lipinski definition) is 5. The van der Waals surface area contributed by atoms with E-state index in [4.69, 9.17) is 0 Å². The molecule has 0 saturated heterocycles. The molecule has 2 N–H and O–H groups in total. The molecule has 172 valence electrons. The molecule has 2 aromatic rings. The van der Waals surface area contributed by atoms with Gasteiger partial charge >= 0.3 is 6.18 Å². The Bertz CT molecular complexity index is 1160. The maximum atomic E-state index is 13.2. The van der Waals surface area contributed by atoms with Crippen LogP contribution in [-0.4, -0.2) is 25.9 Å². The van der Waals surface area contributed by atoms with E-state index in [1.54, 1.807) is 12.1 Å². The van der Waals surface area contributed by atoms with Crippen LogP contribution in [0.4, 0.5) is 18.9 Å². The SMILES string of the molecule is CCCc1nc(C(F)(F)F)ccc1C1(C(=O)NS(=O)(=O)c2cccc3c2CCCN3)CC1. The molecule has 0 unspecified atom stereocenters. The van der Waals surface area contributed by atoms with Crippen LogP contribution in [0.25, 0.3) is 0 Å². The lowest BCUT2D eigenvalue weighted by Crippen LogP contribution is -2.40. The number of aryl methyl sites for hydroxylation is 1. The van der Waals surface area contributed by atoms with Crippen molar-refractivity contribution < 1.29 is 26.4 Å². The van der Waals surface area contributed by atoms with E-state index in [1.807, 2.05) is 6.92 Å². The van der Waals surface area contributed by atoms with E-state index < -0.39 is 33.2 Å². The lowest BCUT2D eigenvalue weighted by Gasteiger charge is -2.23. The number of sulfonamides is 1. The van der Waals surface area contributed by atoms with Gasteiger partial charge in [-0.2, -0.15) is 13.2 Å². The van der Waals surface area contributed by atoms with E-state index in [9.17, 15) is 26.4 Å². The molecule has 1 aliphatic carbocycles. The highest BCUT2D eigenvalue weighted by molar-refractivity contribution is 7.90. The molecule has 2 aliphatic rings. The Labute approximate surface area is 184 Å². The summed E-state index contributed by atoms with van der Waals surface area (Å²) in [6.07, 6.45) is -1.74. The molecule has 6 nitrogen and oxygen atoms in total. The summed E-state index contributed by atoms with van der Waals surface area (Å²) in [7, 11) is -4.15. The molecule has 1 amide bonds. The monoisotopic (exact) mass is 467 g/mol. The molecule has 1 aliphatic heterocycles. The van der Waals surface area contributed by atoms with E-state index in [-0.39, 0.29) is 17.0 Å². The van der Waals surface area contributed by atoms with Crippen molar-refractivity contribution in [3.63, 3.8) is 0 Å². The number of rotatable bonds is 6. The second-order valence-corrected chi connectivity index (χ2v) is 9.92. The molecule has 32 heavy (non-hydrogen) atoms. The van der Waals surface area contributed by atoms with Crippen LogP contribution in [0.15, 0.2) is 35.2 Å². The van der Waals surface area contributed by atoms with Crippen molar-refractivity contribution in [3.05, 3.63) is 52.8 Å². The molecule has 0 bridgehead atoms. The van der Waals surface area contributed by atoms with Gasteiger partial charge in [-0.1, -0.05) is 25.5 Å². The molecule has 4 rings (SSSR count). The number of amides is 1. The largest absolute Gasteiger partial charge is 0.433 e. The summed E-state index contributed by atoms with van der Waals surface area (Å²) < 4.78 is 67.8. The Morgan fingerprint density at radius 2 is 1.97 bits per heavy atom. The van der Waals surface area contributed by atoms with Crippen molar-refractivity contribution in [1.82, 2.24) is 9.71 Å². The van der Waals surface area contributed by atoms with Gasteiger partial charge in [0, 0.05) is 17.9 Å². The Hall–Kier alpha value is -2.62. The third kappa shape index (κ3) is 4.07. The Kier molecular flexibility index (Phi) is 5.68. The summed E-state index contributed by atoms with van der Waals surface area (Å²) in [4.78, 5) is 17.0. The van der Waals surface area contributed by atoms with E-state index in [2.05, 4.69) is 15.0 Å². The number of anilines is 1. The van der Waals surface area contributed by atoms with Crippen LogP contribution in [0.3, 0.4) is 0 Å². The molecular weight excluding hydrogens is 443 g/mol. The highest BCUT2D eigenvalue weighted by Gasteiger charge is 2.54. The van der Waals surface area contributed by atoms with Gasteiger partial charge in [-0.3, -0.25) is 4.79 Å². The first kappa shape index (κ1) is 22.6. The van der Waals surface area contributed by atoms with Gasteiger partial charge in [0.1, 0.15) is 5.69 Å². The number of nitrogens with one attached hydrogen (secondary N) is 2. The lowest BCUT2D eigenvalue weighted by atomic mass is 9.91. The van der Waals surface area contributed by atoms with Crippen LogP contribution >= 0.6 is 0 Å². The Morgan fingerprint density at radius 3 is 2.62 bits per heavy atom. The lowest BCUT2D eigenvalue weighted by molar-refractivity contribution is -0.141. The average molecular weight is 468 g/mol. The summed E-state index contributed by atoms with van der Waals surface area (Å²) in [5, 5.41) is 3.16. The standard InChI is InChI=1S/C22H24F3N3O3S/c1-2-5-17-15(9-10-19(27-17)22(23,24)25)21(11-12-21)20(29)28-32(30,31)18-8-3-7-16-14(18)6-4-13-26-16/h3,7-10,26H,2,4-6,11-13H2,1H3,(H,28,29). The predicted octanol–water partition coefficient (Wildman–Crippen LogP) is 3.95. The fourth-order valence-corrected chi connectivity index (χ4v) is 5.61. The maximum Gasteiger partial charge on any atom is 0.433 e. The van der Waals surface area contributed by atoms with E-state index >= 15 is 0 Å². The number of aromatic nitrogens is 1. The number of carbonyl (C=O) groups excluding carboxylic acids is 1. The molecule has 2 heterocycles. The third-order valence-corrected chi connectivity index (χ3v) is 7.44. The zero-order valence-corrected chi connectivity index (χ0v) is 18.4. The Balaban J connectivity index is 1.66. The van der Waals surface area contributed by atoms with Crippen molar-refractivity contribution in [3.8, 4) is 0 Å². The topological polar surface area (TPSA) is 88.2 Å². The number of hydrogen-bond donors (Lipinski definition) is 2. The van der Waals surface area contributed by atoms with Crippen molar-refractivity contribution in [2.45, 2.75) is 61.9 Å². The molecule has 0 spiro atoms. The molecule has 1 aromatic heterocycles. The summed E-state index contributed by atoms with van der Waals surface area (Å²) in [6.45, 7) is 2.55. The first-order valence-electron chi connectivity index (χ1n) is 10.6.